The fourth-order valence-corrected chi connectivity index (χ4v) is 2.79. The second kappa shape index (κ2) is 6.68. The molecule has 2 aromatic carbocycles. The summed E-state index contributed by atoms with van der Waals surface area (Å²) in [5, 5.41) is 2.77. The zero-order chi connectivity index (χ0) is 18.1. The number of furan rings is 1. The Morgan fingerprint density at radius 3 is 2.58 bits per heavy atom. The predicted molar refractivity (Wildman–Crippen MR) is 100 cm³/mol. The topological polar surface area (TPSA) is 77.5 Å². The van der Waals surface area contributed by atoms with Crippen LogP contribution < -0.4 is 10.1 Å². The lowest BCUT2D eigenvalue weighted by Gasteiger charge is -2.03. The second-order valence-corrected chi connectivity index (χ2v) is 6.27. The molecule has 0 aliphatic rings. The van der Waals surface area contributed by atoms with Crippen LogP contribution in [0.5, 0.6) is 5.75 Å². The van der Waals surface area contributed by atoms with Gasteiger partial charge in [-0.05, 0) is 64.5 Å². The molecule has 0 spiro atoms. The smallest absolute Gasteiger partial charge is 0.291 e. The fraction of sp³-hybridized carbons (Fsp3) is 0.0526. The van der Waals surface area contributed by atoms with Crippen molar-refractivity contribution < 1.29 is 18.4 Å². The van der Waals surface area contributed by atoms with E-state index in [9.17, 15) is 4.79 Å². The summed E-state index contributed by atoms with van der Waals surface area (Å²) in [7, 11) is 1.61. The Labute approximate surface area is 156 Å². The van der Waals surface area contributed by atoms with Crippen LogP contribution in [0.3, 0.4) is 0 Å². The van der Waals surface area contributed by atoms with Crippen LogP contribution in [-0.2, 0) is 0 Å². The van der Waals surface area contributed by atoms with Crippen molar-refractivity contribution in [1.82, 2.24) is 4.98 Å². The van der Waals surface area contributed by atoms with E-state index < -0.39 is 0 Å². The maximum absolute atomic E-state index is 12.1. The van der Waals surface area contributed by atoms with E-state index >= 15 is 0 Å². The molecule has 0 fully saturated rings. The number of nitrogens with one attached hydrogen (secondary N) is 1. The standard InChI is InChI=1S/C19H13BrN2O4/c1-24-13-6-7-15-14(10-13)22-19(26-15)11-2-4-12(5-3-11)21-18(23)16-8-9-17(20)25-16/h2-10H,1H3,(H,21,23). The number of hydrogen-bond acceptors (Lipinski definition) is 5. The number of aromatic nitrogens is 1. The molecule has 7 heteroatoms. The Morgan fingerprint density at radius 1 is 1.08 bits per heavy atom. The van der Waals surface area contributed by atoms with E-state index in [2.05, 4.69) is 26.2 Å². The molecule has 0 bridgehead atoms. The van der Waals surface area contributed by atoms with Gasteiger partial charge in [-0.15, -0.1) is 0 Å². The quantitative estimate of drug-likeness (QED) is 0.503. The van der Waals surface area contributed by atoms with E-state index in [1.54, 1.807) is 31.4 Å². The molecule has 1 N–H and O–H groups in total. The average molecular weight is 413 g/mol. The number of fused-ring (bicyclic) bond motifs is 1. The van der Waals surface area contributed by atoms with Crippen LogP contribution in [0.4, 0.5) is 5.69 Å². The van der Waals surface area contributed by atoms with Gasteiger partial charge >= 0.3 is 0 Å². The fourth-order valence-electron chi connectivity index (χ4n) is 2.48. The number of carbonyl (C=O) groups excluding carboxylic acids is 1. The predicted octanol–water partition coefficient (Wildman–Crippen LogP) is 5.11. The van der Waals surface area contributed by atoms with Crippen molar-refractivity contribution in [3.05, 3.63) is 65.0 Å². The Bertz CT molecular complexity index is 1080. The molecular weight excluding hydrogens is 400 g/mol. The highest BCUT2D eigenvalue weighted by Gasteiger charge is 2.12. The molecule has 2 aromatic heterocycles. The summed E-state index contributed by atoms with van der Waals surface area (Å²) < 4.78 is 16.7. The maximum atomic E-state index is 12.1. The van der Waals surface area contributed by atoms with E-state index in [1.807, 2.05) is 30.3 Å². The molecule has 0 aliphatic carbocycles. The molecule has 130 valence electrons. The first kappa shape index (κ1) is 16.4. The van der Waals surface area contributed by atoms with E-state index in [0.29, 0.717) is 21.8 Å². The molecule has 1 amide bonds. The number of oxazole rings is 1. The number of anilines is 1. The minimum Gasteiger partial charge on any atom is -0.497 e. The summed E-state index contributed by atoms with van der Waals surface area (Å²) in [6, 6.07) is 15.9. The average Bonchev–Trinajstić information content (AvgIpc) is 3.27. The molecule has 0 radical (unpaired) electrons. The summed E-state index contributed by atoms with van der Waals surface area (Å²) in [5.74, 6) is 1.13. The number of ether oxygens (including phenoxy) is 1. The van der Waals surface area contributed by atoms with Crippen molar-refractivity contribution in [1.29, 1.82) is 0 Å². The van der Waals surface area contributed by atoms with Gasteiger partial charge in [-0.2, -0.15) is 0 Å². The zero-order valence-electron chi connectivity index (χ0n) is 13.7. The van der Waals surface area contributed by atoms with Crippen molar-refractivity contribution in [2.24, 2.45) is 0 Å². The monoisotopic (exact) mass is 412 g/mol. The van der Waals surface area contributed by atoms with Crippen molar-refractivity contribution in [2.45, 2.75) is 0 Å². The van der Waals surface area contributed by atoms with E-state index in [1.165, 1.54) is 0 Å². The largest absolute Gasteiger partial charge is 0.497 e. The van der Waals surface area contributed by atoms with Crippen LogP contribution in [0.1, 0.15) is 10.6 Å². The van der Waals surface area contributed by atoms with Gasteiger partial charge in [0.2, 0.25) is 5.89 Å². The first-order valence-corrected chi connectivity index (χ1v) is 8.53. The number of amides is 1. The van der Waals surface area contributed by atoms with Crippen LogP contribution in [0.15, 0.2) is 68.1 Å². The number of hydrogen-bond donors (Lipinski definition) is 1. The van der Waals surface area contributed by atoms with Gasteiger partial charge in [-0.3, -0.25) is 4.79 Å². The molecule has 4 aromatic rings. The van der Waals surface area contributed by atoms with Crippen LogP contribution in [-0.4, -0.2) is 18.0 Å². The van der Waals surface area contributed by atoms with E-state index in [4.69, 9.17) is 13.6 Å². The number of nitrogens with zero attached hydrogens (tertiary/aromatic N) is 1. The summed E-state index contributed by atoms with van der Waals surface area (Å²) >= 11 is 3.17. The highest BCUT2D eigenvalue weighted by molar-refractivity contribution is 9.10. The van der Waals surface area contributed by atoms with E-state index in [-0.39, 0.29) is 11.7 Å². The minimum atomic E-state index is -0.322. The third-order valence-electron chi connectivity index (χ3n) is 3.78. The Balaban J connectivity index is 1.55. The molecule has 26 heavy (non-hydrogen) atoms. The molecule has 0 aliphatic heterocycles. The molecular formula is C19H13BrN2O4. The summed E-state index contributed by atoms with van der Waals surface area (Å²) in [4.78, 5) is 16.6. The van der Waals surface area contributed by atoms with Gasteiger partial charge in [0.05, 0.1) is 7.11 Å². The van der Waals surface area contributed by atoms with Crippen molar-refractivity contribution in [3.63, 3.8) is 0 Å². The van der Waals surface area contributed by atoms with Crippen LogP contribution in [0, 0.1) is 0 Å². The van der Waals surface area contributed by atoms with Crippen molar-refractivity contribution in [2.75, 3.05) is 12.4 Å². The van der Waals surface area contributed by atoms with Gasteiger partial charge in [0.1, 0.15) is 11.3 Å². The number of rotatable bonds is 4. The molecule has 2 heterocycles. The summed E-state index contributed by atoms with van der Waals surface area (Å²) in [6.07, 6.45) is 0. The highest BCUT2D eigenvalue weighted by atomic mass is 79.9. The van der Waals surface area contributed by atoms with Gasteiger partial charge in [-0.1, -0.05) is 0 Å². The maximum Gasteiger partial charge on any atom is 0.291 e. The highest BCUT2D eigenvalue weighted by Crippen LogP contribution is 2.27. The van der Waals surface area contributed by atoms with Gasteiger partial charge in [0.25, 0.3) is 5.91 Å². The zero-order valence-corrected chi connectivity index (χ0v) is 15.2. The SMILES string of the molecule is COc1ccc2oc(-c3ccc(NC(=O)c4ccc(Br)o4)cc3)nc2c1. The Morgan fingerprint density at radius 2 is 1.88 bits per heavy atom. The molecule has 0 saturated carbocycles. The molecule has 0 atom stereocenters. The number of benzene rings is 2. The lowest BCUT2D eigenvalue weighted by atomic mass is 10.2. The third-order valence-corrected chi connectivity index (χ3v) is 4.21. The number of halogens is 1. The molecule has 6 nitrogen and oxygen atoms in total. The lowest BCUT2D eigenvalue weighted by molar-refractivity contribution is 0.0995. The summed E-state index contributed by atoms with van der Waals surface area (Å²) in [6.45, 7) is 0. The lowest BCUT2D eigenvalue weighted by Crippen LogP contribution is -2.10. The second-order valence-electron chi connectivity index (χ2n) is 5.49. The normalized spacial score (nSPS) is 10.8. The van der Waals surface area contributed by atoms with E-state index in [0.717, 1.165) is 16.8 Å². The summed E-state index contributed by atoms with van der Waals surface area (Å²) in [5.41, 5.74) is 2.85. The van der Waals surface area contributed by atoms with Crippen LogP contribution in [0.2, 0.25) is 0 Å². The number of methoxy groups -OCH3 is 1. The Hall–Kier alpha value is -3.06. The molecule has 4 rings (SSSR count). The van der Waals surface area contributed by atoms with Gasteiger partial charge in [0.15, 0.2) is 16.0 Å². The van der Waals surface area contributed by atoms with Crippen LogP contribution >= 0.6 is 15.9 Å². The van der Waals surface area contributed by atoms with Gasteiger partial charge in [-0.25, -0.2) is 4.98 Å². The third kappa shape index (κ3) is 3.21. The van der Waals surface area contributed by atoms with Crippen molar-refractivity contribution in [3.8, 4) is 17.2 Å². The molecule has 0 unspecified atom stereocenters. The molecule has 0 saturated heterocycles. The van der Waals surface area contributed by atoms with Gasteiger partial charge < -0.3 is 18.9 Å². The van der Waals surface area contributed by atoms with Gasteiger partial charge in [0, 0.05) is 17.3 Å². The minimum absolute atomic E-state index is 0.230. The first-order valence-electron chi connectivity index (χ1n) is 7.74. The van der Waals surface area contributed by atoms with Crippen molar-refractivity contribution >= 4 is 38.6 Å². The number of carbonyl (C=O) groups is 1. The van der Waals surface area contributed by atoms with Crippen LogP contribution in [0.25, 0.3) is 22.6 Å². The Kier molecular flexibility index (Phi) is 4.22. The first-order chi connectivity index (χ1) is 12.6.